The summed E-state index contributed by atoms with van der Waals surface area (Å²) in [6.45, 7) is 1.95. The van der Waals surface area contributed by atoms with Gasteiger partial charge in [-0.15, -0.1) is 0 Å². The van der Waals surface area contributed by atoms with Crippen molar-refractivity contribution >= 4 is 37.2 Å². The largest absolute Gasteiger partial charge is 0.480 e. The molecule has 0 bridgehead atoms. The van der Waals surface area contributed by atoms with E-state index in [4.69, 9.17) is 9.84 Å². The van der Waals surface area contributed by atoms with Gasteiger partial charge in [0.1, 0.15) is 0 Å². The van der Waals surface area contributed by atoms with Gasteiger partial charge < -0.3 is 9.84 Å². The highest BCUT2D eigenvalue weighted by Crippen LogP contribution is 2.07. The van der Waals surface area contributed by atoms with E-state index in [9.17, 15) is 9.59 Å². The van der Waals surface area contributed by atoms with Crippen LogP contribution in [-0.4, -0.2) is 34.2 Å². The number of ether oxygens (including phenoxy) is 1. The molecular formula is C9H16O4S2. The van der Waals surface area contributed by atoms with E-state index in [1.165, 1.54) is 0 Å². The monoisotopic (exact) mass is 252 g/mol. The number of aliphatic carboxylic acids is 1. The predicted octanol–water partition coefficient (Wildman–Crippen LogP) is 1.40. The molecule has 0 radical (unpaired) electrons. The highest BCUT2D eigenvalue weighted by Gasteiger charge is 2.11. The summed E-state index contributed by atoms with van der Waals surface area (Å²) in [5.74, 6) is -1.27. The average molecular weight is 252 g/mol. The van der Waals surface area contributed by atoms with E-state index in [1.54, 1.807) is 6.92 Å². The molecule has 0 aliphatic heterocycles. The minimum atomic E-state index is -0.917. The zero-order chi connectivity index (χ0) is 11.8. The number of hydrogen-bond acceptors (Lipinski definition) is 5. The third-order valence-corrected chi connectivity index (χ3v) is 2.43. The number of esters is 1. The Morgan fingerprint density at radius 2 is 1.93 bits per heavy atom. The van der Waals surface area contributed by atoms with Gasteiger partial charge in [-0.2, -0.15) is 25.3 Å². The lowest BCUT2D eigenvalue weighted by Gasteiger charge is -2.07. The molecule has 2 atom stereocenters. The van der Waals surface area contributed by atoms with Crippen LogP contribution in [0.4, 0.5) is 0 Å². The SMILES string of the molecule is CC(S)C(=O)OCCCCC(S)C(=O)O. The lowest BCUT2D eigenvalue weighted by molar-refractivity contribution is -0.143. The number of carboxylic acid groups (broad SMARTS) is 1. The van der Waals surface area contributed by atoms with Gasteiger partial charge in [-0.1, -0.05) is 0 Å². The summed E-state index contributed by atoms with van der Waals surface area (Å²) in [6.07, 6.45) is 1.80. The second-order valence-electron chi connectivity index (χ2n) is 3.19. The van der Waals surface area contributed by atoms with E-state index in [2.05, 4.69) is 25.3 Å². The van der Waals surface area contributed by atoms with Gasteiger partial charge in [0.15, 0.2) is 0 Å². The van der Waals surface area contributed by atoms with Crippen LogP contribution in [0.3, 0.4) is 0 Å². The van der Waals surface area contributed by atoms with E-state index < -0.39 is 16.5 Å². The molecule has 0 aromatic heterocycles. The molecular weight excluding hydrogens is 236 g/mol. The van der Waals surface area contributed by atoms with E-state index >= 15 is 0 Å². The van der Waals surface area contributed by atoms with Crippen molar-refractivity contribution in [3.05, 3.63) is 0 Å². The molecule has 0 spiro atoms. The molecule has 2 unspecified atom stereocenters. The standard InChI is InChI=1S/C9H16O4S2/c1-6(14)9(12)13-5-3-2-4-7(15)8(10)11/h6-7,14-15H,2-5H2,1H3,(H,10,11). The zero-order valence-electron chi connectivity index (χ0n) is 8.55. The van der Waals surface area contributed by atoms with Crippen molar-refractivity contribution in [2.24, 2.45) is 0 Å². The zero-order valence-corrected chi connectivity index (χ0v) is 10.3. The van der Waals surface area contributed by atoms with Gasteiger partial charge in [0.05, 0.1) is 17.1 Å². The number of carbonyl (C=O) groups is 2. The van der Waals surface area contributed by atoms with Crippen molar-refractivity contribution in [3.63, 3.8) is 0 Å². The summed E-state index contributed by atoms with van der Waals surface area (Å²) in [5.41, 5.74) is 0. The molecule has 0 saturated heterocycles. The van der Waals surface area contributed by atoms with Crippen molar-refractivity contribution < 1.29 is 19.4 Å². The highest BCUT2D eigenvalue weighted by molar-refractivity contribution is 7.82. The molecule has 0 rings (SSSR count). The summed E-state index contributed by atoms with van der Waals surface area (Å²) >= 11 is 7.79. The smallest absolute Gasteiger partial charge is 0.318 e. The van der Waals surface area contributed by atoms with Crippen molar-refractivity contribution in [1.82, 2.24) is 0 Å². The number of carboxylic acids is 1. The summed E-state index contributed by atoms with van der Waals surface area (Å²) in [7, 11) is 0. The highest BCUT2D eigenvalue weighted by atomic mass is 32.1. The molecule has 4 nitrogen and oxygen atoms in total. The van der Waals surface area contributed by atoms with Crippen molar-refractivity contribution in [3.8, 4) is 0 Å². The minimum absolute atomic E-state index is 0.309. The quantitative estimate of drug-likeness (QED) is 0.364. The maximum atomic E-state index is 10.9. The van der Waals surface area contributed by atoms with Gasteiger partial charge in [0.25, 0.3) is 0 Å². The van der Waals surface area contributed by atoms with E-state index in [1.807, 2.05) is 0 Å². The third-order valence-electron chi connectivity index (χ3n) is 1.74. The molecule has 0 fully saturated rings. The van der Waals surface area contributed by atoms with Crippen LogP contribution in [0.5, 0.6) is 0 Å². The number of hydrogen-bond donors (Lipinski definition) is 3. The third kappa shape index (κ3) is 7.56. The van der Waals surface area contributed by atoms with Crippen molar-refractivity contribution in [2.45, 2.75) is 36.7 Å². The summed E-state index contributed by atoms with van der Waals surface area (Å²) in [6, 6.07) is 0. The fourth-order valence-electron chi connectivity index (χ4n) is 0.857. The molecule has 0 heterocycles. The normalized spacial score (nSPS) is 14.3. The lowest BCUT2D eigenvalue weighted by atomic mass is 10.2. The Morgan fingerprint density at radius 1 is 1.33 bits per heavy atom. The number of carbonyl (C=O) groups excluding carboxylic acids is 1. The van der Waals surface area contributed by atoms with Crippen LogP contribution in [0.15, 0.2) is 0 Å². The number of thiol groups is 2. The summed E-state index contributed by atoms with van der Waals surface area (Å²) < 4.78 is 4.86. The number of rotatable bonds is 7. The van der Waals surface area contributed by atoms with Gasteiger partial charge in [-0.25, -0.2) is 0 Å². The average Bonchev–Trinajstić information content (AvgIpc) is 2.16. The van der Waals surface area contributed by atoms with Gasteiger partial charge in [-0.3, -0.25) is 9.59 Å². The van der Waals surface area contributed by atoms with Crippen molar-refractivity contribution in [1.29, 1.82) is 0 Å². The van der Waals surface area contributed by atoms with Crippen LogP contribution in [0.2, 0.25) is 0 Å². The maximum Gasteiger partial charge on any atom is 0.318 e. The van der Waals surface area contributed by atoms with Gasteiger partial charge in [0.2, 0.25) is 0 Å². The van der Waals surface area contributed by atoms with Crippen LogP contribution in [0.1, 0.15) is 26.2 Å². The molecule has 0 aliphatic carbocycles. The van der Waals surface area contributed by atoms with E-state index in [-0.39, 0.29) is 5.97 Å². The van der Waals surface area contributed by atoms with Gasteiger partial charge in [-0.05, 0) is 26.2 Å². The van der Waals surface area contributed by atoms with E-state index in [0.29, 0.717) is 25.9 Å². The Bertz CT molecular complexity index is 218. The second-order valence-corrected chi connectivity index (χ2v) is 4.59. The van der Waals surface area contributed by atoms with Crippen molar-refractivity contribution in [2.75, 3.05) is 6.61 Å². The fraction of sp³-hybridized carbons (Fsp3) is 0.778. The Morgan fingerprint density at radius 3 is 2.40 bits per heavy atom. The van der Waals surface area contributed by atoms with Crippen LogP contribution in [0, 0.1) is 0 Å². The van der Waals surface area contributed by atoms with Crippen LogP contribution in [-0.2, 0) is 14.3 Å². The lowest BCUT2D eigenvalue weighted by Crippen LogP contribution is -2.16. The Labute approximate surface area is 100 Å². The van der Waals surface area contributed by atoms with Gasteiger partial charge >= 0.3 is 11.9 Å². The first-order chi connectivity index (χ1) is 6.95. The number of unbranched alkanes of at least 4 members (excludes halogenated alkanes) is 1. The van der Waals surface area contributed by atoms with Crippen LogP contribution >= 0.6 is 25.3 Å². The maximum absolute atomic E-state index is 10.9. The Kier molecular flexibility index (Phi) is 7.68. The molecule has 88 valence electrons. The summed E-state index contributed by atoms with van der Waals surface area (Å²) in [4.78, 5) is 21.3. The molecule has 6 heteroatoms. The second kappa shape index (κ2) is 7.87. The molecule has 15 heavy (non-hydrogen) atoms. The first kappa shape index (κ1) is 14.6. The first-order valence-corrected chi connectivity index (χ1v) is 5.74. The predicted molar refractivity (Wildman–Crippen MR) is 63.7 cm³/mol. The van der Waals surface area contributed by atoms with Crippen LogP contribution < -0.4 is 0 Å². The Hall–Kier alpha value is -0.360. The summed E-state index contributed by atoms with van der Waals surface area (Å²) in [5, 5.41) is 7.48. The van der Waals surface area contributed by atoms with E-state index in [0.717, 1.165) is 0 Å². The first-order valence-electron chi connectivity index (χ1n) is 4.70. The molecule has 0 aliphatic rings. The molecule has 0 aromatic carbocycles. The van der Waals surface area contributed by atoms with Crippen LogP contribution in [0.25, 0.3) is 0 Å². The Balaban J connectivity index is 3.40. The minimum Gasteiger partial charge on any atom is -0.480 e. The molecule has 0 saturated carbocycles. The topological polar surface area (TPSA) is 63.6 Å². The fourth-order valence-corrected chi connectivity index (χ4v) is 1.11. The molecule has 0 aromatic rings. The molecule has 1 N–H and O–H groups in total. The molecule has 0 amide bonds. The van der Waals surface area contributed by atoms with Gasteiger partial charge in [0, 0.05) is 0 Å².